The van der Waals surface area contributed by atoms with Gasteiger partial charge in [0.25, 0.3) is 0 Å². The van der Waals surface area contributed by atoms with Gasteiger partial charge >= 0.3 is 0 Å². The number of hydrogen-bond donors (Lipinski definition) is 2. The summed E-state index contributed by atoms with van der Waals surface area (Å²) >= 11 is 0. The van der Waals surface area contributed by atoms with Gasteiger partial charge in [0, 0.05) is 22.8 Å². The lowest BCUT2D eigenvalue weighted by Gasteiger charge is -2.18. The molecule has 4 aromatic rings. The van der Waals surface area contributed by atoms with Gasteiger partial charge in [-0.15, -0.1) is 0 Å². The quantitative estimate of drug-likeness (QED) is 0.414. The van der Waals surface area contributed by atoms with Gasteiger partial charge in [0.15, 0.2) is 0 Å². The Kier molecular flexibility index (Phi) is 5.97. The van der Waals surface area contributed by atoms with Gasteiger partial charge in [-0.25, -0.2) is 13.4 Å². The normalized spacial score (nSPS) is 14.4. The van der Waals surface area contributed by atoms with E-state index in [1.807, 2.05) is 42.5 Å². The number of nitrogens with zero attached hydrogens (tertiary/aromatic N) is 3. The number of hydrogen-bond acceptors (Lipinski definition) is 6. The van der Waals surface area contributed by atoms with Gasteiger partial charge in [0.2, 0.25) is 21.8 Å². The Balaban J connectivity index is 1.78. The molecule has 0 saturated carbocycles. The van der Waals surface area contributed by atoms with Gasteiger partial charge in [-0.2, -0.15) is 5.10 Å². The minimum atomic E-state index is -3.42. The molecule has 2 aromatic heterocycles. The molecule has 0 bridgehead atoms. The van der Waals surface area contributed by atoms with Crippen molar-refractivity contribution in [2.75, 3.05) is 11.0 Å². The number of benzene rings is 2. The largest absolute Gasteiger partial charge is 0.472 e. The first-order valence-corrected chi connectivity index (χ1v) is 13.3. The molecule has 3 N–H and O–H groups in total. The number of carbonyl (C=O) groups excluding carboxylic acids is 1. The van der Waals surface area contributed by atoms with Gasteiger partial charge in [0.05, 0.1) is 18.0 Å². The van der Waals surface area contributed by atoms with Crippen molar-refractivity contribution in [2.45, 2.75) is 26.5 Å². The molecule has 0 atom stereocenters. The van der Waals surface area contributed by atoms with E-state index in [1.54, 1.807) is 23.1 Å². The smallest absolute Gasteiger partial charge is 0.239 e. The Morgan fingerprint density at radius 1 is 1.17 bits per heavy atom. The minimum Gasteiger partial charge on any atom is -0.472 e. The van der Waals surface area contributed by atoms with Crippen LogP contribution in [0.1, 0.15) is 35.6 Å². The van der Waals surface area contributed by atoms with Crippen LogP contribution in [0, 0.1) is 0 Å². The molecule has 0 aliphatic carbocycles. The second-order valence-corrected chi connectivity index (χ2v) is 10.4. The predicted octanol–water partition coefficient (Wildman–Crippen LogP) is 3.55. The highest BCUT2D eigenvalue weighted by Gasteiger charge is 2.25. The first-order chi connectivity index (χ1) is 17.2. The van der Waals surface area contributed by atoms with Crippen LogP contribution in [0.15, 0.2) is 60.9 Å². The Morgan fingerprint density at radius 2 is 2.00 bits per heavy atom. The van der Waals surface area contributed by atoms with Crippen molar-refractivity contribution in [3.05, 3.63) is 83.2 Å². The van der Waals surface area contributed by atoms with E-state index >= 15 is 0 Å². The number of aromatic nitrogens is 3. The zero-order chi connectivity index (χ0) is 25.4. The Labute approximate surface area is 208 Å². The van der Waals surface area contributed by atoms with Gasteiger partial charge in [-0.05, 0) is 70.7 Å². The van der Waals surface area contributed by atoms with Crippen LogP contribution in [0.4, 0.5) is 5.69 Å². The summed E-state index contributed by atoms with van der Waals surface area (Å²) in [7, 11) is -3.42. The number of rotatable bonds is 6. The third-order valence-corrected chi connectivity index (χ3v) is 6.62. The molecule has 5 rings (SSSR count). The van der Waals surface area contributed by atoms with E-state index in [0.717, 1.165) is 50.6 Å². The van der Waals surface area contributed by atoms with E-state index in [-0.39, 0.29) is 13.2 Å². The number of carbonyl (C=O) groups is 1. The van der Waals surface area contributed by atoms with Crippen LogP contribution in [-0.2, 0) is 28.0 Å². The Hall–Kier alpha value is -4.18. The summed E-state index contributed by atoms with van der Waals surface area (Å²) in [4.78, 5) is 16.0. The Bertz CT molecular complexity index is 1640. The molecule has 1 amide bonds. The molecular weight excluding hydrogens is 478 g/mol. The first-order valence-electron chi connectivity index (χ1n) is 11.4. The molecule has 0 spiro atoms. The summed E-state index contributed by atoms with van der Waals surface area (Å²) in [5.41, 5.74) is 12.2. The molecule has 0 fully saturated rings. The monoisotopic (exact) mass is 503 g/mol. The molecule has 9 nitrogen and oxygen atoms in total. The molecule has 184 valence electrons. The molecule has 10 heteroatoms. The highest BCUT2D eigenvalue weighted by Crippen LogP contribution is 2.42. The topological polar surface area (TPSA) is 129 Å². The van der Waals surface area contributed by atoms with Crippen molar-refractivity contribution < 1.29 is 17.9 Å². The number of fused-ring (bicyclic) bond motifs is 3. The number of sulfonamides is 1. The summed E-state index contributed by atoms with van der Waals surface area (Å²) in [5.74, 6) is 0.0436. The predicted molar refractivity (Wildman–Crippen MR) is 139 cm³/mol. The van der Waals surface area contributed by atoms with Crippen LogP contribution < -0.4 is 15.2 Å². The van der Waals surface area contributed by atoms with E-state index in [4.69, 9.17) is 10.5 Å². The second-order valence-electron chi connectivity index (χ2n) is 8.64. The van der Waals surface area contributed by atoms with Crippen molar-refractivity contribution >= 4 is 43.7 Å². The fraction of sp³-hybridized carbons (Fsp3) is 0.192. The average molecular weight is 504 g/mol. The number of ether oxygens (including phenoxy) is 1. The standard InChI is InChI=1S/C26H25N5O4S/c1-3-20(16-6-4-7-19(10-16)30-36(2,33)34)25-21-8-5-9-28-26(21)35-15-18-12-23-17(11-22(18)25)13-29-31(23)14-24(27)32/h4-13,30H,3,14-15H2,1-2H3,(H2,27,32)/b25-20+. The molecular formula is C26H25N5O4S. The van der Waals surface area contributed by atoms with Crippen LogP contribution in [0.2, 0.25) is 0 Å². The van der Waals surface area contributed by atoms with Crippen molar-refractivity contribution in [2.24, 2.45) is 5.73 Å². The maximum Gasteiger partial charge on any atom is 0.239 e. The number of allylic oxidation sites excluding steroid dienone is 1. The molecule has 1 aliphatic rings. The second kappa shape index (κ2) is 9.12. The van der Waals surface area contributed by atoms with Gasteiger partial charge in [-0.1, -0.05) is 19.1 Å². The number of anilines is 1. The number of primary amides is 1. The molecule has 0 unspecified atom stereocenters. The zero-order valence-corrected chi connectivity index (χ0v) is 20.7. The third kappa shape index (κ3) is 4.55. The number of amides is 1. The summed E-state index contributed by atoms with van der Waals surface area (Å²) in [6.45, 7) is 2.32. The highest BCUT2D eigenvalue weighted by molar-refractivity contribution is 7.92. The van der Waals surface area contributed by atoms with Crippen molar-refractivity contribution in [3.8, 4) is 5.88 Å². The van der Waals surface area contributed by atoms with E-state index in [1.165, 1.54) is 0 Å². The van der Waals surface area contributed by atoms with Crippen LogP contribution in [-0.4, -0.2) is 35.3 Å². The summed E-state index contributed by atoms with van der Waals surface area (Å²) in [5, 5.41) is 5.21. The molecule has 36 heavy (non-hydrogen) atoms. The van der Waals surface area contributed by atoms with E-state index in [9.17, 15) is 13.2 Å². The molecule has 1 aliphatic heterocycles. The van der Waals surface area contributed by atoms with Crippen LogP contribution in [0.25, 0.3) is 22.0 Å². The number of pyridine rings is 1. The molecule has 2 aromatic carbocycles. The van der Waals surface area contributed by atoms with Crippen molar-refractivity contribution in [1.29, 1.82) is 0 Å². The fourth-order valence-corrected chi connectivity index (χ4v) is 5.17. The average Bonchev–Trinajstić information content (AvgIpc) is 3.12. The van der Waals surface area contributed by atoms with Gasteiger partial charge < -0.3 is 10.5 Å². The fourth-order valence-electron chi connectivity index (χ4n) is 4.62. The third-order valence-electron chi connectivity index (χ3n) is 6.02. The van der Waals surface area contributed by atoms with Crippen molar-refractivity contribution in [3.63, 3.8) is 0 Å². The van der Waals surface area contributed by atoms with E-state index < -0.39 is 15.9 Å². The molecule has 0 saturated heterocycles. The lowest BCUT2D eigenvalue weighted by Crippen LogP contribution is -2.19. The van der Waals surface area contributed by atoms with Gasteiger partial charge in [0.1, 0.15) is 13.2 Å². The van der Waals surface area contributed by atoms with E-state index in [2.05, 4.69) is 21.7 Å². The maximum absolute atomic E-state index is 11.8. The minimum absolute atomic E-state index is 0.0199. The maximum atomic E-state index is 11.8. The summed E-state index contributed by atoms with van der Waals surface area (Å²) in [6, 6.07) is 15.2. The highest BCUT2D eigenvalue weighted by atomic mass is 32.2. The lowest BCUT2D eigenvalue weighted by molar-refractivity contribution is -0.118. The zero-order valence-electron chi connectivity index (χ0n) is 19.9. The van der Waals surface area contributed by atoms with Crippen molar-refractivity contribution in [1.82, 2.24) is 14.8 Å². The van der Waals surface area contributed by atoms with Crippen LogP contribution >= 0.6 is 0 Å². The number of nitrogens with one attached hydrogen (secondary N) is 1. The lowest BCUT2D eigenvalue weighted by atomic mass is 9.86. The Morgan fingerprint density at radius 3 is 2.75 bits per heavy atom. The van der Waals surface area contributed by atoms with Crippen LogP contribution in [0.5, 0.6) is 5.88 Å². The summed E-state index contributed by atoms with van der Waals surface area (Å²) < 4.78 is 33.9. The van der Waals surface area contributed by atoms with Gasteiger partial charge in [-0.3, -0.25) is 14.2 Å². The number of nitrogens with two attached hydrogens (primary N) is 1. The molecule has 0 radical (unpaired) electrons. The molecule has 3 heterocycles. The first kappa shape index (κ1) is 23.6. The van der Waals surface area contributed by atoms with E-state index in [0.29, 0.717) is 18.0 Å². The summed E-state index contributed by atoms with van der Waals surface area (Å²) in [6.07, 6.45) is 5.21. The SMILES string of the molecule is CC/C(=C1\c2cc3cnn(CC(N)=O)c3cc2COc2ncccc21)c1cccc(NS(C)(=O)=O)c1. The van der Waals surface area contributed by atoms with Crippen LogP contribution in [0.3, 0.4) is 0 Å².